The Kier molecular flexibility index (Phi) is 4.07. The summed E-state index contributed by atoms with van der Waals surface area (Å²) in [5, 5.41) is 0. The minimum absolute atomic E-state index is 0.488. The van der Waals surface area contributed by atoms with Gasteiger partial charge in [-0.25, -0.2) is 0 Å². The maximum atomic E-state index is 6.24. The standard InChI is InChI=1S/C11H23N/c1-3-9(4-2)11(12)10-7-5-6-8-10/h9-11H,3-8,12H2,1-2H3. The number of hydrogen-bond donors (Lipinski definition) is 1. The lowest BCUT2D eigenvalue weighted by atomic mass is 9.85. The molecule has 0 bridgehead atoms. The van der Waals surface area contributed by atoms with Gasteiger partial charge >= 0.3 is 0 Å². The first-order valence-corrected chi connectivity index (χ1v) is 5.55. The lowest BCUT2D eigenvalue weighted by Crippen LogP contribution is -2.35. The second-order valence-electron chi connectivity index (χ2n) is 4.20. The average Bonchev–Trinajstić information content (AvgIpc) is 2.58. The maximum Gasteiger partial charge on any atom is 0.00954 e. The van der Waals surface area contributed by atoms with Crippen LogP contribution in [0, 0.1) is 11.8 Å². The third-order valence-corrected chi connectivity index (χ3v) is 3.54. The summed E-state index contributed by atoms with van der Waals surface area (Å²) in [6.45, 7) is 4.53. The molecule has 0 spiro atoms. The fraction of sp³-hybridized carbons (Fsp3) is 1.00. The number of rotatable bonds is 4. The molecule has 1 heteroatoms. The monoisotopic (exact) mass is 169 g/mol. The second-order valence-corrected chi connectivity index (χ2v) is 4.20. The summed E-state index contributed by atoms with van der Waals surface area (Å²) in [6, 6.07) is 0.488. The van der Waals surface area contributed by atoms with Gasteiger partial charge in [0.1, 0.15) is 0 Å². The van der Waals surface area contributed by atoms with Gasteiger partial charge in [-0.1, -0.05) is 39.5 Å². The van der Waals surface area contributed by atoms with E-state index in [9.17, 15) is 0 Å². The van der Waals surface area contributed by atoms with Gasteiger partial charge in [-0.2, -0.15) is 0 Å². The Bertz CT molecular complexity index is 110. The lowest BCUT2D eigenvalue weighted by molar-refractivity contribution is 0.297. The van der Waals surface area contributed by atoms with Crippen molar-refractivity contribution in [2.75, 3.05) is 0 Å². The van der Waals surface area contributed by atoms with E-state index in [0.717, 1.165) is 11.8 Å². The summed E-state index contributed by atoms with van der Waals surface area (Å²) in [5.74, 6) is 1.61. The van der Waals surface area contributed by atoms with Crippen molar-refractivity contribution in [2.45, 2.75) is 58.4 Å². The first-order valence-electron chi connectivity index (χ1n) is 5.55. The minimum atomic E-state index is 0.488. The molecule has 0 heterocycles. The Labute approximate surface area is 76.7 Å². The Morgan fingerprint density at radius 1 is 1.17 bits per heavy atom. The summed E-state index contributed by atoms with van der Waals surface area (Å²) in [5.41, 5.74) is 6.24. The van der Waals surface area contributed by atoms with Crippen LogP contribution in [0.15, 0.2) is 0 Å². The topological polar surface area (TPSA) is 26.0 Å². The molecule has 1 aliphatic carbocycles. The van der Waals surface area contributed by atoms with Crippen molar-refractivity contribution < 1.29 is 0 Å². The van der Waals surface area contributed by atoms with Gasteiger partial charge in [-0.3, -0.25) is 0 Å². The molecule has 1 nitrogen and oxygen atoms in total. The molecule has 1 aliphatic rings. The van der Waals surface area contributed by atoms with Crippen molar-refractivity contribution in [1.29, 1.82) is 0 Å². The van der Waals surface area contributed by atoms with Gasteiger partial charge in [0, 0.05) is 6.04 Å². The highest BCUT2D eigenvalue weighted by Crippen LogP contribution is 2.31. The van der Waals surface area contributed by atoms with Crippen molar-refractivity contribution in [3.05, 3.63) is 0 Å². The molecule has 0 aromatic carbocycles. The van der Waals surface area contributed by atoms with E-state index in [2.05, 4.69) is 13.8 Å². The Morgan fingerprint density at radius 2 is 1.67 bits per heavy atom. The summed E-state index contributed by atoms with van der Waals surface area (Å²) >= 11 is 0. The van der Waals surface area contributed by atoms with E-state index in [1.54, 1.807) is 0 Å². The highest BCUT2D eigenvalue weighted by Gasteiger charge is 2.26. The molecule has 0 saturated heterocycles. The van der Waals surface area contributed by atoms with E-state index in [4.69, 9.17) is 5.73 Å². The second kappa shape index (κ2) is 4.86. The van der Waals surface area contributed by atoms with Crippen LogP contribution in [0.3, 0.4) is 0 Å². The van der Waals surface area contributed by atoms with E-state index in [1.165, 1.54) is 38.5 Å². The molecular weight excluding hydrogens is 146 g/mol. The van der Waals surface area contributed by atoms with E-state index >= 15 is 0 Å². The maximum absolute atomic E-state index is 6.24. The van der Waals surface area contributed by atoms with Crippen LogP contribution in [-0.4, -0.2) is 6.04 Å². The van der Waals surface area contributed by atoms with Gasteiger partial charge in [0.05, 0.1) is 0 Å². The molecule has 0 radical (unpaired) electrons. The fourth-order valence-corrected chi connectivity index (χ4v) is 2.56. The predicted octanol–water partition coefficient (Wildman–Crippen LogP) is 2.94. The van der Waals surface area contributed by atoms with Crippen LogP contribution in [0.2, 0.25) is 0 Å². The Hall–Kier alpha value is -0.0400. The molecule has 1 fully saturated rings. The van der Waals surface area contributed by atoms with Crippen LogP contribution in [0.4, 0.5) is 0 Å². The molecule has 0 aliphatic heterocycles. The van der Waals surface area contributed by atoms with Crippen molar-refractivity contribution in [3.8, 4) is 0 Å². The Morgan fingerprint density at radius 3 is 2.08 bits per heavy atom. The molecule has 0 aromatic heterocycles. The molecule has 2 N–H and O–H groups in total. The number of nitrogens with two attached hydrogens (primary N) is 1. The van der Waals surface area contributed by atoms with Crippen LogP contribution in [-0.2, 0) is 0 Å². The van der Waals surface area contributed by atoms with Gasteiger partial charge in [-0.05, 0) is 24.7 Å². The molecule has 1 atom stereocenters. The fourth-order valence-electron chi connectivity index (χ4n) is 2.56. The van der Waals surface area contributed by atoms with Crippen molar-refractivity contribution in [1.82, 2.24) is 0 Å². The van der Waals surface area contributed by atoms with Crippen LogP contribution in [0.1, 0.15) is 52.4 Å². The first-order chi connectivity index (χ1) is 5.79. The van der Waals surface area contributed by atoms with E-state index in [0.29, 0.717) is 6.04 Å². The van der Waals surface area contributed by atoms with E-state index < -0.39 is 0 Å². The summed E-state index contributed by atoms with van der Waals surface area (Å²) in [7, 11) is 0. The predicted molar refractivity (Wildman–Crippen MR) is 54.0 cm³/mol. The van der Waals surface area contributed by atoms with E-state index in [1.807, 2.05) is 0 Å². The van der Waals surface area contributed by atoms with Crippen LogP contribution in [0.25, 0.3) is 0 Å². The zero-order chi connectivity index (χ0) is 8.97. The van der Waals surface area contributed by atoms with Crippen molar-refractivity contribution in [2.24, 2.45) is 17.6 Å². The molecule has 12 heavy (non-hydrogen) atoms. The normalized spacial score (nSPS) is 22.0. The third-order valence-electron chi connectivity index (χ3n) is 3.54. The van der Waals surface area contributed by atoms with Gasteiger partial charge in [-0.15, -0.1) is 0 Å². The summed E-state index contributed by atoms with van der Waals surface area (Å²) in [4.78, 5) is 0. The van der Waals surface area contributed by atoms with Gasteiger partial charge in [0.2, 0.25) is 0 Å². The van der Waals surface area contributed by atoms with Crippen LogP contribution in [0.5, 0.6) is 0 Å². The Balaban J connectivity index is 2.37. The van der Waals surface area contributed by atoms with Crippen molar-refractivity contribution in [3.63, 3.8) is 0 Å². The molecule has 0 amide bonds. The quantitative estimate of drug-likeness (QED) is 0.688. The van der Waals surface area contributed by atoms with Gasteiger partial charge < -0.3 is 5.73 Å². The lowest BCUT2D eigenvalue weighted by Gasteiger charge is -2.26. The first kappa shape index (κ1) is 10.0. The van der Waals surface area contributed by atoms with Gasteiger partial charge in [0.25, 0.3) is 0 Å². The zero-order valence-corrected chi connectivity index (χ0v) is 8.55. The highest BCUT2D eigenvalue weighted by atomic mass is 14.7. The molecule has 1 rings (SSSR count). The molecular formula is C11H23N. The van der Waals surface area contributed by atoms with Crippen LogP contribution < -0.4 is 5.73 Å². The minimum Gasteiger partial charge on any atom is -0.327 e. The van der Waals surface area contributed by atoms with Gasteiger partial charge in [0.15, 0.2) is 0 Å². The molecule has 1 unspecified atom stereocenters. The molecule has 72 valence electrons. The third kappa shape index (κ3) is 2.22. The SMILES string of the molecule is CCC(CC)C(N)C1CCCC1. The molecule has 1 saturated carbocycles. The average molecular weight is 169 g/mol. The van der Waals surface area contributed by atoms with Crippen LogP contribution >= 0.6 is 0 Å². The molecule has 0 aromatic rings. The van der Waals surface area contributed by atoms with E-state index in [-0.39, 0.29) is 0 Å². The zero-order valence-electron chi connectivity index (χ0n) is 8.55. The largest absolute Gasteiger partial charge is 0.327 e. The summed E-state index contributed by atoms with van der Waals surface area (Å²) in [6.07, 6.45) is 8.12. The number of hydrogen-bond acceptors (Lipinski definition) is 1. The smallest absolute Gasteiger partial charge is 0.00954 e. The van der Waals surface area contributed by atoms with Crippen molar-refractivity contribution >= 4 is 0 Å². The summed E-state index contributed by atoms with van der Waals surface area (Å²) < 4.78 is 0. The highest BCUT2D eigenvalue weighted by molar-refractivity contribution is 4.82.